The molecule has 0 radical (unpaired) electrons. The van der Waals surface area contributed by atoms with E-state index in [-0.39, 0.29) is 29.6 Å². The number of carbonyl (C=O) groups is 2. The van der Waals surface area contributed by atoms with Crippen molar-refractivity contribution in [3.8, 4) is 0 Å². The number of rotatable bonds is 10. The standard InChI is InChI=1S/C21H26N4O4S3/c1-5-11(3)7-14-12(4)32-19-17(14)18(28)24-21(25-19)31-10-15(26)23-20-22-13(9-30-20)8-16(27)29-6-2/h9,11H,5-8,10H2,1-4H3,(H,22,23,26)(H,24,25,28). The highest BCUT2D eigenvalue weighted by Gasteiger charge is 2.17. The van der Waals surface area contributed by atoms with E-state index in [1.165, 1.54) is 34.4 Å². The topological polar surface area (TPSA) is 114 Å². The van der Waals surface area contributed by atoms with Gasteiger partial charge in [-0.05, 0) is 31.7 Å². The van der Waals surface area contributed by atoms with Crippen molar-refractivity contribution in [1.82, 2.24) is 15.0 Å². The van der Waals surface area contributed by atoms with Gasteiger partial charge in [-0.1, -0.05) is 32.0 Å². The molecule has 2 N–H and O–H groups in total. The summed E-state index contributed by atoms with van der Waals surface area (Å²) in [6, 6.07) is 0. The quantitative estimate of drug-likeness (QED) is 0.247. The summed E-state index contributed by atoms with van der Waals surface area (Å²) in [5.74, 6) is -0.0552. The molecule has 0 fully saturated rings. The molecule has 8 nitrogen and oxygen atoms in total. The van der Waals surface area contributed by atoms with E-state index in [4.69, 9.17) is 4.74 Å². The van der Waals surface area contributed by atoms with Crippen LogP contribution in [-0.2, 0) is 27.2 Å². The highest BCUT2D eigenvalue weighted by molar-refractivity contribution is 7.99. The molecular formula is C21H26N4O4S3. The molecule has 3 aromatic rings. The number of thioether (sulfide) groups is 1. The Labute approximate surface area is 198 Å². The van der Waals surface area contributed by atoms with Gasteiger partial charge >= 0.3 is 5.97 Å². The number of hydrogen-bond donors (Lipinski definition) is 2. The van der Waals surface area contributed by atoms with Gasteiger partial charge in [0.05, 0.1) is 29.9 Å². The highest BCUT2D eigenvalue weighted by atomic mass is 32.2. The molecule has 0 aliphatic carbocycles. The fourth-order valence-electron chi connectivity index (χ4n) is 3.06. The van der Waals surface area contributed by atoms with Crippen LogP contribution in [0.25, 0.3) is 10.2 Å². The summed E-state index contributed by atoms with van der Waals surface area (Å²) in [5, 5.41) is 5.91. The number of carbonyl (C=O) groups excluding carboxylic acids is 2. The first-order valence-electron chi connectivity index (χ1n) is 10.4. The zero-order chi connectivity index (χ0) is 23.3. The lowest BCUT2D eigenvalue weighted by molar-refractivity contribution is -0.142. The van der Waals surface area contributed by atoms with E-state index in [9.17, 15) is 14.4 Å². The molecule has 0 spiro atoms. The molecule has 0 aliphatic rings. The van der Waals surface area contributed by atoms with Crippen molar-refractivity contribution in [3.05, 3.63) is 31.9 Å². The van der Waals surface area contributed by atoms with Crippen molar-refractivity contribution in [1.29, 1.82) is 0 Å². The maximum Gasteiger partial charge on any atom is 0.311 e. The monoisotopic (exact) mass is 494 g/mol. The Morgan fingerprint density at radius 3 is 2.81 bits per heavy atom. The highest BCUT2D eigenvalue weighted by Crippen LogP contribution is 2.30. The predicted octanol–water partition coefficient (Wildman–Crippen LogP) is 4.17. The average Bonchev–Trinajstić information content (AvgIpc) is 3.30. The summed E-state index contributed by atoms with van der Waals surface area (Å²) in [6.45, 7) is 8.40. The van der Waals surface area contributed by atoms with Crippen molar-refractivity contribution in [2.75, 3.05) is 17.7 Å². The largest absolute Gasteiger partial charge is 0.466 e. The van der Waals surface area contributed by atoms with Crippen LogP contribution < -0.4 is 10.9 Å². The number of anilines is 1. The molecular weight excluding hydrogens is 468 g/mol. The first-order chi connectivity index (χ1) is 15.3. The minimum absolute atomic E-state index is 0.0688. The van der Waals surface area contributed by atoms with Crippen LogP contribution in [0.2, 0.25) is 0 Å². The van der Waals surface area contributed by atoms with Crippen molar-refractivity contribution in [2.45, 2.75) is 52.1 Å². The van der Waals surface area contributed by atoms with E-state index in [1.807, 2.05) is 6.92 Å². The molecule has 3 rings (SSSR count). The van der Waals surface area contributed by atoms with Crippen LogP contribution in [-0.4, -0.2) is 39.2 Å². The molecule has 3 heterocycles. The molecule has 11 heteroatoms. The van der Waals surface area contributed by atoms with Gasteiger partial charge in [0.25, 0.3) is 5.56 Å². The van der Waals surface area contributed by atoms with Gasteiger partial charge in [-0.2, -0.15) is 0 Å². The van der Waals surface area contributed by atoms with Crippen molar-refractivity contribution in [2.24, 2.45) is 5.92 Å². The lowest BCUT2D eigenvalue weighted by Gasteiger charge is -2.08. The number of aromatic nitrogens is 3. The molecule has 1 amide bonds. The second-order valence-corrected chi connectivity index (χ2v) is 10.4. The van der Waals surface area contributed by atoms with E-state index >= 15 is 0 Å². The Morgan fingerprint density at radius 2 is 2.09 bits per heavy atom. The third-order valence-corrected chi connectivity index (χ3v) is 7.58. The van der Waals surface area contributed by atoms with Gasteiger partial charge in [-0.15, -0.1) is 22.7 Å². The Morgan fingerprint density at radius 1 is 1.31 bits per heavy atom. The number of nitrogens with zero attached hydrogens (tertiary/aromatic N) is 2. The van der Waals surface area contributed by atoms with Gasteiger partial charge in [0, 0.05) is 10.3 Å². The third kappa shape index (κ3) is 6.17. The summed E-state index contributed by atoms with van der Waals surface area (Å²) < 4.78 is 4.90. The summed E-state index contributed by atoms with van der Waals surface area (Å²) in [4.78, 5) is 50.0. The minimum Gasteiger partial charge on any atom is -0.466 e. The zero-order valence-corrected chi connectivity index (χ0v) is 20.9. The number of aromatic amines is 1. The molecule has 3 aromatic heterocycles. The van der Waals surface area contributed by atoms with Crippen molar-refractivity contribution >= 4 is 61.7 Å². The number of amides is 1. The van der Waals surface area contributed by atoms with Crippen molar-refractivity contribution in [3.63, 3.8) is 0 Å². The molecule has 1 atom stereocenters. The van der Waals surface area contributed by atoms with E-state index in [2.05, 4.69) is 34.1 Å². The van der Waals surface area contributed by atoms with Gasteiger partial charge in [-0.3, -0.25) is 14.4 Å². The number of thiophene rings is 1. The minimum atomic E-state index is -0.354. The number of ether oxygens (including phenoxy) is 1. The summed E-state index contributed by atoms with van der Waals surface area (Å²) >= 11 is 3.92. The first kappa shape index (κ1) is 24.4. The van der Waals surface area contributed by atoms with E-state index < -0.39 is 0 Å². The summed E-state index contributed by atoms with van der Waals surface area (Å²) in [5.41, 5.74) is 1.46. The number of aryl methyl sites for hydroxylation is 1. The summed E-state index contributed by atoms with van der Waals surface area (Å²) in [7, 11) is 0. The van der Waals surface area contributed by atoms with Gasteiger partial charge in [0.2, 0.25) is 5.91 Å². The number of H-pyrrole nitrogens is 1. The Bertz CT molecular complexity index is 1170. The lowest BCUT2D eigenvalue weighted by atomic mass is 9.98. The van der Waals surface area contributed by atoms with Crippen LogP contribution in [0.15, 0.2) is 15.3 Å². The molecule has 1 unspecified atom stereocenters. The van der Waals surface area contributed by atoms with Gasteiger partial charge in [0.1, 0.15) is 4.83 Å². The summed E-state index contributed by atoms with van der Waals surface area (Å²) in [6.07, 6.45) is 1.97. The van der Waals surface area contributed by atoms with Crippen LogP contribution in [0.5, 0.6) is 0 Å². The van der Waals surface area contributed by atoms with Crippen LogP contribution in [0, 0.1) is 12.8 Å². The average molecular weight is 495 g/mol. The number of fused-ring (bicyclic) bond motifs is 1. The maximum absolute atomic E-state index is 12.7. The molecule has 0 saturated heterocycles. The molecule has 172 valence electrons. The second kappa shape index (κ2) is 11.1. The van der Waals surface area contributed by atoms with Gasteiger partial charge in [0.15, 0.2) is 10.3 Å². The van der Waals surface area contributed by atoms with E-state index in [1.54, 1.807) is 12.3 Å². The lowest BCUT2D eigenvalue weighted by Crippen LogP contribution is -2.16. The Hall–Kier alpha value is -2.24. The van der Waals surface area contributed by atoms with Crippen LogP contribution in [0.4, 0.5) is 5.13 Å². The van der Waals surface area contributed by atoms with Crippen LogP contribution in [0.3, 0.4) is 0 Å². The fraction of sp³-hybridized carbons (Fsp3) is 0.476. The number of hydrogen-bond acceptors (Lipinski definition) is 9. The number of nitrogens with one attached hydrogen (secondary N) is 2. The fourth-order valence-corrected chi connectivity index (χ4v) is 5.56. The van der Waals surface area contributed by atoms with Gasteiger partial charge in [-0.25, -0.2) is 9.97 Å². The van der Waals surface area contributed by atoms with Crippen LogP contribution >= 0.6 is 34.4 Å². The molecule has 0 saturated carbocycles. The maximum atomic E-state index is 12.7. The van der Waals surface area contributed by atoms with Crippen molar-refractivity contribution < 1.29 is 14.3 Å². The number of esters is 1. The number of thiazole rings is 1. The predicted molar refractivity (Wildman–Crippen MR) is 130 cm³/mol. The smallest absolute Gasteiger partial charge is 0.311 e. The Balaban J connectivity index is 1.62. The third-order valence-electron chi connectivity index (χ3n) is 4.86. The normalized spacial score (nSPS) is 12.1. The Kier molecular flexibility index (Phi) is 8.44. The molecule has 0 aliphatic heterocycles. The molecule has 0 aromatic carbocycles. The molecule has 32 heavy (non-hydrogen) atoms. The van der Waals surface area contributed by atoms with Gasteiger partial charge < -0.3 is 15.0 Å². The molecule has 0 bridgehead atoms. The van der Waals surface area contributed by atoms with E-state index in [0.29, 0.717) is 38.7 Å². The van der Waals surface area contributed by atoms with Crippen LogP contribution in [0.1, 0.15) is 43.3 Å². The SMILES string of the molecule is CCOC(=O)Cc1csc(NC(=O)CSc2nc3sc(C)c(CC(C)CC)c3c(=O)[nH]2)n1. The zero-order valence-electron chi connectivity index (χ0n) is 18.4. The second-order valence-electron chi connectivity index (χ2n) is 7.37. The first-order valence-corrected chi connectivity index (χ1v) is 13.0. The van der Waals surface area contributed by atoms with E-state index in [0.717, 1.165) is 23.3 Å².